The van der Waals surface area contributed by atoms with Gasteiger partial charge in [0.25, 0.3) is 0 Å². The SMILES string of the molecule is CC[C@@H](C(=O)NC(C)(C)Cc1ccccc1)N(c1cc(Cl)ccc1Cl)S(C)(=O)=O. The zero-order valence-corrected chi connectivity index (χ0v) is 19.3. The van der Waals surface area contributed by atoms with E-state index in [2.05, 4.69) is 5.32 Å². The first-order valence-electron chi connectivity index (χ1n) is 9.25. The van der Waals surface area contributed by atoms with Crippen molar-refractivity contribution in [2.45, 2.75) is 45.2 Å². The predicted octanol–water partition coefficient (Wildman–Crippen LogP) is 4.68. The Balaban J connectivity index is 2.34. The van der Waals surface area contributed by atoms with Gasteiger partial charge in [-0.05, 0) is 50.5 Å². The summed E-state index contributed by atoms with van der Waals surface area (Å²) in [6.07, 6.45) is 1.92. The molecule has 29 heavy (non-hydrogen) atoms. The number of amides is 1. The van der Waals surface area contributed by atoms with Crippen molar-refractivity contribution in [3.63, 3.8) is 0 Å². The highest BCUT2D eigenvalue weighted by Gasteiger charge is 2.35. The van der Waals surface area contributed by atoms with Gasteiger partial charge in [0, 0.05) is 10.6 Å². The lowest BCUT2D eigenvalue weighted by Crippen LogP contribution is -2.55. The number of nitrogens with zero attached hydrogens (tertiary/aromatic N) is 1. The standard InChI is InChI=1S/C21H26Cl2N2O3S/c1-5-18(20(26)24-21(2,3)14-15-9-7-6-8-10-15)25(29(4,27)28)19-13-16(22)11-12-17(19)23/h6-13,18H,5,14H2,1-4H3,(H,24,26)/t18-/m0/s1. The molecule has 0 saturated heterocycles. The van der Waals surface area contributed by atoms with Crippen LogP contribution in [-0.4, -0.2) is 32.2 Å². The third-order valence-corrected chi connectivity index (χ3v) is 6.15. The van der Waals surface area contributed by atoms with E-state index in [0.29, 0.717) is 11.4 Å². The van der Waals surface area contributed by atoms with Crippen molar-refractivity contribution < 1.29 is 13.2 Å². The quantitative estimate of drug-likeness (QED) is 0.626. The van der Waals surface area contributed by atoms with E-state index in [4.69, 9.17) is 23.2 Å². The van der Waals surface area contributed by atoms with E-state index in [0.717, 1.165) is 16.1 Å². The fraction of sp³-hybridized carbons (Fsp3) is 0.381. The maximum atomic E-state index is 13.1. The van der Waals surface area contributed by atoms with E-state index in [1.165, 1.54) is 12.1 Å². The molecule has 158 valence electrons. The minimum Gasteiger partial charge on any atom is -0.349 e. The first kappa shape index (κ1) is 23.5. The van der Waals surface area contributed by atoms with Crippen molar-refractivity contribution in [1.82, 2.24) is 5.32 Å². The third kappa shape index (κ3) is 6.36. The minimum atomic E-state index is -3.80. The molecule has 0 aliphatic rings. The molecule has 0 aliphatic carbocycles. The second kappa shape index (κ2) is 9.37. The molecule has 2 aromatic carbocycles. The van der Waals surface area contributed by atoms with Crippen LogP contribution in [0.5, 0.6) is 0 Å². The van der Waals surface area contributed by atoms with E-state index >= 15 is 0 Å². The van der Waals surface area contributed by atoms with Crippen LogP contribution in [0.1, 0.15) is 32.8 Å². The van der Waals surface area contributed by atoms with Gasteiger partial charge in [-0.3, -0.25) is 9.10 Å². The van der Waals surface area contributed by atoms with Crippen molar-refractivity contribution in [3.05, 3.63) is 64.1 Å². The normalized spacial score (nSPS) is 13.0. The molecule has 5 nitrogen and oxygen atoms in total. The topological polar surface area (TPSA) is 66.5 Å². The second-order valence-electron chi connectivity index (χ2n) is 7.61. The van der Waals surface area contributed by atoms with Gasteiger partial charge in [-0.1, -0.05) is 60.5 Å². The summed E-state index contributed by atoms with van der Waals surface area (Å²) in [5.41, 5.74) is 0.681. The molecule has 0 aliphatic heterocycles. The summed E-state index contributed by atoms with van der Waals surface area (Å²) >= 11 is 12.3. The van der Waals surface area contributed by atoms with Gasteiger partial charge < -0.3 is 5.32 Å². The van der Waals surface area contributed by atoms with Gasteiger partial charge in [0.05, 0.1) is 17.0 Å². The van der Waals surface area contributed by atoms with Crippen LogP contribution in [0.15, 0.2) is 48.5 Å². The van der Waals surface area contributed by atoms with E-state index in [9.17, 15) is 13.2 Å². The molecule has 1 atom stereocenters. The first-order chi connectivity index (χ1) is 13.4. The molecule has 1 N–H and O–H groups in total. The van der Waals surface area contributed by atoms with Crippen LogP contribution >= 0.6 is 23.2 Å². The van der Waals surface area contributed by atoms with Gasteiger partial charge in [-0.15, -0.1) is 0 Å². The number of anilines is 1. The lowest BCUT2D eigenvalue weighted by molar-refractivity contribution is -0.123. The van der Waals surface area contributed by atoms with Crippen LogP contribution in [0.25, 0.3) is 0 Å². The van der Waals surface area contributed by atoms with Crippen LogP contribution in [0.4, 0.5) is 5.69 Å². The predicted molar refractivity (Wildman–Crippen MR) is 120 cm³/mol. The highest BCUT2D eigenvalue weighted by Crippen LogP contribution is 2.33. The Kier molecular flexibility index (Phi) is 7.60. The van der Waals surface area contributed by atoms with Crippen LogP contribution in [0.3, 0.4) is 0 Å². The van der Waals surface area contributed by atoms with Gasteiger partial charge >= 0.3 is 0 Å². The smallest absolute Gasteiger partial charge is 0.244 e. The molecule has 1 amide bonds. The molecular formula is C21H26Cl2N2O3S. The molecule has 0 fully saturated rings. The summed E-state index contributed by atoms with van der Waals surface area (Å²) in [5.74, 6) is -0.394. The molecule has 2 rings (SSSR count). The number of halogens is 2. The number of carbonyl (C=O) groups excluding carboxylic acids is 1. The zero-order valence-electron chi connectivity index (χ0n) is 16.9. The van der Waals surface area contributed by atoms with Crippen molar-refractivity contribution in [1.29, 1.82) is 0 Å². The lowest BCUT2D eigenvalue weighted by Gasteiger charge is -2.34. The Morgan fingerprint density at radius 2 is 1.76 bits per heavy atom. The zero-order chi connectivity index (χ0) is 21.8. The number of sulfonamides is 1. The van der Waals surface area contributed by atoms with Gasteiger partial charge in [0.1, 0.15) is 6.04 Å². The second-order valence-corrected chi connectivity index (χ2v) is 10.3. The number of carbonyl (C=O) groups is 1. The average Bonchev–Trinajstić information content (AvgIpc) is 2.60. The van der Waals surface area contributed by atoms with E-state index in [1.807, 2.05) is 44.2 Å². The lowest BCUT2D eigenvalue weighted by atomic mass is 9.94. The van der Waals surface area contributed by atoms with Crippen LogP contribution in [0, 0.1) is 0 Å². The van der Waals surface area contributed by atoms with Gasteiger partial charge in [-0.2, -0.15) is 0 Å². The fourth-order valence-corrected chi connectivity index (χ4v) is 4.90. The molecule has 0 spiro atoms. The molecule has 0 aromatic heterocycles. The summed E-state index contributed by atoms with van der Waals surface area (Å²) in [7, 11) is -3.80. The van der Waals surface area contributed by atoms with Crippen LogP contribution in [0.2, 0.25) is 10.0 Å². The summed E-state index contributed by atoms with van der Waals surface area (Å²) < 4.78 is 26.3. The summed E-state index contributed by atoms with van der Waals surface area (Å²) in [4.78, 5) is 13.1. The highest BCUT2D eigenvalue weighted by atomic mass is 35.5. The average molecular weight is 457 g/mol. The maximum absolute atomic E-state index is 13.1. The Hall–Kier alpha value is -1.76. The van der Waals surface area contributed by atoms with Crippen molar-refractivity contribution >= 4 is 44.8 Å². The van der Waals surface area contributed by atoms with Crippen LogP contribution in [-0.2, 0) is 21.2 Å². The monoisotopic (exact) mass is 456 g/mol. The van der Waals surface area contributed by atoms with Gasteiger partial charge in [0.2, 0.25) is 15.9 Å². The number of hydrogen-bond donors (Lipinski definition) is 1. The van der Waals surface area contributed by atoms with E-state index in [-0.39, 0.29) is 17.1 Å². The number of benzene rings is 2. The highest BCUT2D eigenvalue weighted by molar-refractivity contribution is 7.92. The summed E-state index contributed by atoms with van der Waals surface area (Å²) in [5, 5.41) is 3.53. The van der Waals surface area contributed by atoms with Gasteiger partial charge in [-0.25, -0.2) is 8.42 Å². The number of hydrogen-bond acceptors (Lipinski definition) is 3. The largest absolute Gasteiger partial charge is 0.349 e. The number of nitrogens with one attached hydrogen (secondary N) is 1. The molecule has 8 heteroatoms. The Morgan fingerprint density at radius 3 is 2.31 bits per heavy atom. The number of rotatable bonds is 8. The van der Waals surface area contributed by atoms with Crippen molar-refractivity contribution in [2.75, 3.05) is 10.6 Å². The molecule has 0 radical (unpaired) electrons. The molecule has 0 unspecified atom stereocenters. The maximum Gasteiger partial charge on any atom is 0.244 e. The molecule has 0 bridgehead atoms. The molecule has 2 aromatic rings. The van der Waals surface area contributed by atoms with Crippen molar-refractivity contribution in [2.24, 2.45) is 0 Å². The minimum absolute atomic E-state index is 0.185. The Bertz CT molecular complexity index is 963. The molecule has 0 saturated carbocycles. The van der Waals surface area contributed by atoms with Crippen molar-refractivity contribution in [3.8, 4) is 0 Å². The Labute approximate surface area is 183 Å². The van der Waals surface area contributed by atoms with Crippen LogP contribution < -0.4 is 9.62 Å². The summed E-state index contributed by atoms with van der Waals surface area (Å²) in [6.45, 7) is 5.56. The van der Waals surface area contributed by atoms with E-state index in [1.54, 1.807) is 13.0 Å². The third-order valence-electron chi connectivity index (χ3n) is 4.43. The Morgan fingerprint density at radius 1 is 1.14 bits per heavy atom. The molecular weight excluding hydrogens is 431 g/mol. The van der Waals surface area contributed by atoms with Gasteiger partial charge in [0.15, 0.2) is 0 Å². The first-order valence-corrected chi connectivity index (χ1v) is 11.9. The fourth-order valence-electron chi connectivity index (χ4n) is 3.26. The molecule has 0 heterocycles. The van der Waals surface area contributed by atoms with E-state index < -0.39 is 27.5 Å². The summed E-state index contributed by atoms with van der Waals surface area (Å²) in [6, 6.07) is 13.4.